The Hall–Kier alpha value is -2.73. The van der Waals surface area contributed by atoms with Gasteiger partial charge in [-0.2, -0.15) is 0 Å². The van der Waals surface area contributed by atoms with Crippen LogP contribution in [0.4, 0.5) is 0 Å². The summed E-state index contributed by atoms with van der Waals surface area (Å²) >= 11 is 0. The van der Waals surface area contributed by atoms with Gasteiger partial charge in [-0.15, -0.1) is 0 Å². The number of carbonyl (C=O) groups excluding carboxylic acids is 2. The standard InChI is InChI=1S/C23H22N2O4/c1-25-10-8-23-15-5-6-17(26)21(23)29-20-18(7-4-13(19(20)23)11-16(15)25)28-22(27)14-3-2-9-24-12-14/h2-4,7,9,12,15-16,21H,5-6,8,10-11H2,1H3/t15?,16-,21+,23+/m1/s1. The van der Waals surface area contributed by atoms with E-state index in [0.29, 0.717) is 35.4 Å². The Balaban J connectivity index is 1.48. The number of carbonyl (C=O) groups is 2. The van der Waals surface area contributed by atoms with Crippen LogP contribution < -0.4 is 9.47 Å². The van der Waals surface area contributed by atoms with E-state index < -0.39 is 12.1 Å². The van der Waals surface area contributed by atoms with Crippen molar-refractivity contribution in [2.45, 2.75) is 43.2 Å². The lowest BCUT2D eigenvalue weighted by Crippen LogP contribution is -2.65. The topological polar surface area (TPSA) is 68.7 Å². The summed E-state index contributed by atoms with van der Waals surface area (Å²) in [6, 6.07) is 7.68. The lowest BCUT2D eigenvalue weighted by molar-refractivity contribution is -0.138. The van der Waals surface area contributed by atoms with Crippen molar-refractivity contribution in [2.75, 3.05) is 13.6 Å². The van der Waals surface area contributed by atoms with Crippen LogP contribution in [0.25, 0.3) is 0 Å². The first-order chi connectivity index (χ1) is 14.1. The summed E-state index contributed by atoms with van der Waals surface area (Å²) in [5.74, 6) is 1.13. The second-order valence-electron chi connectivity index (χ2n) is 8.71. The number of hydrogen-bond donors (Lipinski definition) is 0. The molecule has 0 amide bonds. The molecule has 6 heteroatoms. The minimum atomic E-state index is -0.467. The van der Waals surface area contributed by atoms with Crippen LogP contribution in [0.2, 0.25) is 0 Å². The van der Waals surface area contributed by atoms with Crippen molar-refractivity contribution in [3.8, 4) is 11.5 Å². The monoisotopic (exact) mass is 390 g/mol. The molecule has 1 spiro atoms. The minimum absolute atomic E-state index is 0.179. The van der Waals surface area contributed by atoms with Crippen LogP contribution >= 0.6 is 0 Å². The fourth-order valence-corrected chi connectivity index (χ4v) is 6.23. The summed E-state index contributed by atoms with van der Waals surface area (Å²) in [7, 11) is 2.19. The smallest absolute Gasteiger partial charge is 0.345 e. The van der Waals surface area contributed by atoms with Gasteiger partial charge in [0, 0.05) is 35.8 Å². The molecule has 4 aliphatic rings. The van der Waals surface area contributed by atoms with Gasteiger partial charge in [-0.05, 0) is 62.5 Å². The third-order valence-corrected chi connectivity index (χ3v) is 7.47. The quantitative estimate of drug-likeness (QED) is 0.580. The zero-order chi connectivity index (χ0) is 19.8. The Labute approximate surface area is 168 Å². The zero-order valence-electron chi connectivity index (χ0n) is 16.3. The van der Waals surface area contributed by atoms with Gasteiger partial charge in [0.05, 0.1) is 5.56 Å². The van der Waals surface area contributed by atoms with E-state index >= 15 is 0 Å². The van der Waals surface area contributed by atoms with E-state index in [1.807, 2.05) is 6.07 Å². The number of benzene rings is 1. The lowest BCUT2D eigenvalue weighted by atomic mass is 9.52. The number of aromatic nitrogens is 1. The van der Waals surface area contributed by atoms with Gasteiger partial charge in [-0.1, -0.05) is 6.07 Å². The highest BCUT2D eigenvalue weighted by atomic mass is 16.6. The number of pyridine rings is 1. The summed E-state index contributed by atoms with van der Waals surface area (Å²) < 4.78 is 12.1. The normalized spacial score (nSPS) is 31.8. The van der Waals surface area contributed by atoms with Gasteiger partial charge in [0.2, 0.25) is 0 Å². The van der Waals surface area contributed by atoms with E-state index in [4.69, 9.17) is 9.47 Å². The molecule has 2 aliphatic heterocycles. The number of hydrogen-bond acceptors (Lipinski definition) is 6. The summed E-state index contributed by atoms with van der Waals surface area (Å²) in [6.45, 7) is 0.951. The fourth-order valence-electron chi connectivity index (χ4n) is 6.23. The number of rotatable bonds is 2. The second-order valence-corrected chi connectivity index (χ2v) is 8.71. The SMILES string of the molecule is CN1CC[C@]23c4c5ccc(OC(=O)c6cccnc6)c4O[C@H]2C(=O)CCC3[C@H]1C5. The lowest BCUT2D eigenvalue weighted by Gasteiger charge is -2.57. The molecule has 6 nitrogen and oxygen atoms in total. The zero-order valence-corrected chi connectivity index (χ0v) is 16.3. The van der Waals surface area contributed by atoms with Crippen LogP contribution in [-0.4, -0.2) is 47.4 Å². The molecular weight excluding hydrogens is 368 g/mol. The summed E-state index contributed by atoms with van der Waals surface area (Å²) in [6.07, 6.45) is 5.98. The summed E-state index contributed by atoms with van der Waals surface area (Å²) in [5, 5.41) is 0. The Morgan fingerprint density at radius 3 is 3.07 bits per heavy atom. The number of esters is 1. The fraction of sp³-hybridized carbons (Fsp3) is 0.435. The maximum absolute atomic E-state index is 12.9. The maximum Gasteiger partial charge on any atom is 0.345 e. The molecule has 1 aromatic carbocycles. The third-order valence-electron chi connectivity index (χ3n) is 7.47. The first kappa shape index (κ1) is 17.2. The van der Waals surface area contributed by atoms with Crippen molar-refractivity contribution >= 4 is 11.8 Å². The number of Topliss-reactive ketones (excluding diaryl/α,β-unsaturated/α-hetero) is 1. The molecule has 1 saturated heterocycles. The molecule has 0 N–H and O–H groups in total. The van der Waals surface area contributed by atoms with Gasteiger partial charge in [0.25, 0.3) is 0 Å². The minimum Gasteiger partial charge on any atom is -0.477 e. The highest BCUT2D eigenvalue weighted by Crippen LogP contribution is 2.63. The van der Waals surface area contributed by atoms with E-state index in [1.165, 1.54) is 11.8 Å². The predicted octanol–water partition coefficient (Wildman–Crippen LogP) is 2.54. The van der Waals surface area contributed by atoms with Gasteiger partial charge >= 0.3 is 5.97 Å². The molecule has 148 valence electrons. The first-order valence-corrected chi connectivity index (χ1v) is 10.3. The molecule has 29 heavy (non-hydrogen) atoms. The molecule has 2 aromatic rings. The van der Waals surface area contributed by atoms with Crippen molar-refractivity contribution < 1.29 is 19.1 Å². The molecule has 2 bridgehead atoms. The van der Waals surface area contributed by atoms with Gasteiger partial charge in [0.1, 0.15) is 0 Å². The first-order valence-electron chi connectivity index (χ1n) is 10.3. The predicted molar refractivity (Wildman–Crippen MR) is 104 cm³/mol. The summed E-state index contributed by atoms with van der Waals surface area (Å²) in [4.78, 5) is 32.0. The van der Waals surface area contributed by atoms with Crippen molar-refractivity contribution in [1.82, 2.24) is 9.88 Å². The molecule has 3 heterocycles. The molecule has 0 radical (unpaired) electrons. The van der Waals surface area contributed by atoms with Crippen molar-refractivity contribution in [1.29, 1.82) is 0 Å². The van der Waals surface area contributed by atoms with E-state index in [2.05, 4.69) is 23.0 Å². The van der Waals surface area contributed by atoms with Crippen molar-refractivity contribution in [3.63, 3.8) is 0 Å². The van der Waals surface area contributed by atoms with Crippen LogP contribution in [0.5, 0.6) is 11.5 Å². The highest BCUT2D eigenvalue weighted by Gasteiger charge is 2.65. The van der Waals surface area contributed by atoms with E-state index in [-0.39, 0.29) is 11.2 Å². The largest absolute Gasteiger partial charge is 0.477 e. The molecule has 2 aliphatic carbocycles. The van der Waals surface area contributed by atoms with E-state index in [1.54, 1.807) is 18.3 Å². The highest BCUT2D eigenvalue weighted by molar-refractivity contribution is 5.92. The van der Waals surface area contributed by atoms with Gasteiger partial charge in [0.15, 0.2) is 23.4 Å². The van der Waals surface area contributed by atoms with Gasteiger partial charge < -0.3 is 14.4 Å². The molecule has 1 aromatic heterocycles. The number of ketones is 1. The number of likely N-dealkylation sites (N-methyl/N-ethyl adjacent to an activating group) is 1. The molecule has 1 unspecified atom stereocenters. The number of nitrogens with zero attached hydrogens (tertiary/aromatic N) is 2. The second kappa shape index (κ2) is 5.89. The number of ether oxygens (including phenoxy) is 2. The maximum atomic E-state index is 12.9. The van der Waals surface area contributed by atoms with Crippen molar-refractivity contribution in [2.24, 2.45) is 5.92 Å². The summed E-state index contributed by atoms with van der Waals surface area (Å²) in [5.41, 5.74) is 2.47. The Morgan fingerprint density at radius 2 is 2.24 bits per heavy atom. The average Bonchev–Trinajstić information content (AvgIpc) is 3.10. The van der Waals surface area contributed by atoms with Crippen LogP contribution in [-0.2, 0) is 16.6 Å². The molecule has 4 atom stereocenters. The Kier molecular flexibility index (Phi) is 3.48. The Bertz CT molecular complexity index is 1040. The van der Waals surface area contributed by atoms with E-state index in [9.17, 15) is 9.59 Å². The van der Waals surface area contributed by atoms with Crippen LogP contribution in [0.1, 0.15) is 40.7 Å². The molecular formula is C23H22N2O4. The molecule has 1 saturated carbocycles. The van der Waals surface area contributed by atoms with E-state index in [0.717, 1.165) is 31.4 Å². The third kappa shape index (κ3) is 2.18. The Morgan fingerprint density at radius 1 is 1.34 bits per heavy atom. The molecule has 2 fully saturated rings. The van der Waals surface area contributed by atoms with Crippen molar-refractivity contribution in [3.05, 3.63) is 53.3 Å². The van der Waals surface area contributed by atoms with Crippen LogP contribution in [0, 0.1) is 5.92 Å². The molecule has 6 rings (SSSR count). The number of piperidine rings is 1. The van der Waals surface area contributed by atoms with Gasteiger partial charge in [-0.3, -0.25) is 9.78 Å². The number of likely N-dealkylation sites (tertiary alicyclic amines) is 1. The van der Waals surface area contributed by atoms with Gasteiger partial charge in [-0.25, -0.2) is 4.79 Å². The average molecular weight is 390 g/mol. The van der Waals surface area contributed by atoms with Crippen LogP contribution in [0.3, 0.4) is 0 Å². The van der Waals surface area contributed by atoms with Crippen LogP contribution in [0.15, 0.2) is 36.7 Å².